The third-order valence-corrected chi connectivity index (χ3v) is 4.82. The van der Waals surface area contributed by atoms with E-state index in [0.717, 1.165) is 0 Å². The van der Waals surface area contributed by atoms with Crippen LogP contribution in [-0.4, -0.2) is 37.2 Å². The average molecular weight is 370 g/mol. The van der Waals surface area contributed by atoms with Crippen molar-refractivity contribution in [1.29, 1.82) is 0 Å². The molecule has 0 bridgehead atoms. The van der Waals surface area contributed by atoms with Crippen molar-refractivity contribution in [2.75, 3.05) is 19.8 Å². The van der Waals surface area contributed by atoms with Crippen LogP contribution in [0.5, 0.6) is 0 Å². The first-order chi connectivity index (χ1) is 13.0. The summed E-state index contributed by atoms with van der Waals surface area (Å²) in [6, 6.07) is 0. The first-order valence-corrected chi connectivity index (χ1v) is 8.77. The van der Waals surface area contributed by atoms with E-state index in [1.165, 1.54) is 6.92 Å². The molecule has 6 heteroatoms. The van der Waals surface area contributed by atoms with Crippen LogP contribution < -0.4 is 0 Å². The molecule has 1 saturated heterocycles. The standard InChI is InChI=1S/C19H22N2O4.C2H4/c1-5-16-14-18(24-12-13-25-18)10-8-17(16)19(20-3,21-4)9-6-7-11-23-15(2)22;1-2/h5,16-17H,1,8-14H2,2H3;1-2H2/t16-,17?;/m1./s1. The maximum atomic E-state index is 10.7. The van der Waals surface area contributed by atoms with E-state index in [0.29, 0.717) is 32.5 Å². The molecule has 0 aromatic carbocycles. The number of esters is 1. The molecule has 1 spiro atoms. The van der Waals surface area contributed by atoms with Gasteiger partial charge in [-0.05, 0) is 6.42 Å². The molecule has 2 atom stereocenters. The normalized spacial score (nSPS) is 22.8. The molecule has 0 aromatic rings. The van der Waals surface area contributed by atoms with Gasteiger partial charge in [-0.25, -0.2) is 22.8 Å². The van der Waals surface area contributed by atoms with Crippen LogP contribution in [0.3, 0.4) is 0 Å². The third kappa shape index (κ3) is 5.44. The largest absolute Gasteiger partial charge is 0.496 e. The summed E-state index contributed by atoms with van der Waals surface area (Å²) in [5.41, 5.74) is -1.26. The van der Waals surface area contributed by atoms with Crippen molar-refractivity contribution in [2.24, 2.45) is 11.8 Å². The predicted octanol–water partition coefficient (Wildman–Crippen LogP) is 3.63. The maximum absolute atomic E-state index is 10.7. The molecule has 27 heavy (non-hydrogen) atoms. The van der Waals surface area contributed by atoms with Crippen LogP contribution in [0.25, 0.3) is 9.69 Å². The minimum absolute atomic E-state index is 0.0260. The first-order valence-electron chi connectivity index (χ1n) is 8.77. The van der Waals surface area contributed by atoms with Crippen LogP contribution in [0.4, 0.5) is 0 Å². The van der Waals surface area contributed by atoms with Crippen LogP contribution in [0.2, 0.25) is 0 Å². The van der Waals surface area contributed by atoms with Crippen molar-refractivity contribution in [3.05, 3.63) is 48.6 Å². The predicted molar refractivity (Wildman–Crippen MR) is 102 cm³/mol. The number of ether oxygens (including phenoxy) is 3. The van der Waals surface area contributed by atoms with Gasteiger partial charge in [-0.3, -0.25) is 4.79 Å². The Labute approximate surface area is 161 Å². The molecule has 1 aliphatic carbocycles. The van der Waals surface area contributed by atoms with Crippen molar-refractivity contribution in [1.82, 2.24) is 0 Å². The molecule has 1 saturated carbocycles. The van der Waals surface area contributed by atoms with Gasteiger partial charge in [0.15, 0.2) is 18.8 Å². The van der Waals surface area contributed by atoms with Gasteiger partial charge in [0.25, 0.3) is 0 Å². The highest BCUT2D eigenvalue weighted by atomic mass is 16.7. The Morgan fingerprint density at radius 3 is 2.48 bits per heavy atom. The Kier molecular flexibility index (Phi) is 8.76. The second kappa shape index (κ2) is 10.5. The van der Waals surface area contributed by atoms with Crippen molar-refractivity contribution in [3.8, 4) is 11.8 Å². The van der Waals surface area contributed by atoms with Crippen LogP contribution in [0.1, 0.15) is 32.6 Å². The summed E-state index contributed by atoms with van der Waals surface area (Å²) < 4.78 is 16.3. The van der Waals surface area contributed by atoms with Crippen LogP contribution in [0.15, 0.2) is 25.8 Å². The lowest BCUT2D eigenvalue weighted by Gasteiger charge is -2.39. The second-order valence-electron chi connectivity index (χ2n) is 6.27. The molecular weight excluding hydrogens is 344 g/mol. The van der Waals surface area contributed by atoms with E-state index in [2.05, 4.69) is 41.3 Å². The van der Waals surface area contributed by atoms with Gasteiger partial charge >= 0.3 is 11.6 Å². The summed E-state index contributed by atoms with van der Waals surface area (Å²) in [7, 11) is 0. The highest BCUT2D eigenvalue weighted by Gasteiger charge is 2.59. The number of hydrogen-bond donors (Lipinski definition) is 0. The lowest BCUT2D eigenvalue weighted by molar-refractivity contribution is -0.192. The number of rotatable bonds is 4. The zero-order valence-corrected chi connectivity index (χ0v) is 15.8. The average Bonchev–Trinajstić information content (AvgIpc) is 3.14. The summed E-state index contributed by atoms with van der Waals surface area (Å²) in [5.74, 6) is 4.31. The van der Waals surface area contributed by atoms with Gasteiger partial charge in [0.2, 0.25) is 0 Å². The molecule has 0 amide bonds. The molecule has 0 radical (unpaired) electrons. The van der Waals surface area contributed by atoms with Gasteiger partial charge in [-0.1, -0.05) is 17.9 Å². The van der Waals surface area contributed by atoms with Gasteiger partial charge in [0.1, 0.15) is 5.92 Å². The topological polar surface area (TPSA) is 53.5 Å². The first kappa shape index (κ1) is 22.5. The van der Waals surface area contributed by atoms with Crippen LogP contribution in [0, 0.1) is 36.8 Å². The Morgan fingerprint density at radius 1 is 1.33 bits per heavy atom. The number of nitrogens with zero attached hydrogens (tertiary/aromatic N) is 2. The molecule has 0 N–H and O–H groups in total. The molecule has 1 heterocycles. The summed E-state index contributed by atoms with van der Waals surface area (Å²) in [6.45, 7) is 27.6. The van der Waals surface area contributed by atoms with Crippen molar-refractivity contribution >= 4 is 5.97 Å². The van der Waals surface area contributed by atoms with Crippen LogP contribution >= 0.6 is 0 Å². The van der Waals surface area contributed by atoms with Crippen molar-refractivity contribution in [2.45, 2.75) is 44.1 Å². The number of carbonyl (C=O) groups is 1. The molecule has 2 aliphatic rings. The number of hydrogen-bond acceptors (Lipinski definition) is 4. The lowest BCUT2D eigenvalue weighted by Crippen LogP contribution is -2.46. The minimum Gasteiger partial charge on any atom is -0.453 e. The highest BCUT2D eigenvalue weighted by Crippen LogP contribution is 2.48. The van der Waals surface area contributed by atoms with E-state index in [-0.39, 0.29) is 24.9 Å². The Hall–Kier alpha value is -2.59. The summed E-state index contributed by atoms with van der Waals surface area (Å²) in [6.07, 6.45) is 3.83. The van der Waals surface area contributed by atoms with E-state index in [1.807, 2.05) is 0 Å². The smallest absolute Gasteiger partial charge is 0.453 e. The molecule has 2 fully saturated rings. The van der Waals surface area contributed by atoms with E-state index in [9.17, 15) is 4.79 Å². The fourth-order valence-electron chi connectivity index (χ4n) is 3.56. The van der Waals surface area contributed by atoms with Gasteiger partial charge in [0.05, 0.1) is 13.2 Å². The van der Waals surface area contributed by atoms with Crippen molar-refractivity contribution < 1.29 is 19.0 Å². The maximum Gasteiger partial charge on any atom is 0.496 e. The fraction of sp³-hybridized carbons (Fsp3) is 0.571. The SMILES string of the molecule is C=C.[C-]#[N+]C(CC#CCOC(C)=O)([N+]#[C-])C1CCC2(C[C@H]1C=C)OCCO2. The molecule has 1 aliphatic heterocycles. The van der Waals surface area contributed by atoms with Gasteiger partial charge in [-0.2, -0.15) is 0 Å². The summed E-state index contributed by atoms with van der Waals surface area (Å²) >= 11 is 0. The Balaban J connectivity index is 0.00000176. The zero-order chi connectivity index (χ0) is 20.3. The van der Waals surface area contributed by atoms with Crippen LogP contribution in [-0.2, 0) is 19.0 Å². The molecule has 6 nitrogen and oxygen atoms in total. The molecule has 1 unspecified atom stereocenters. The quantitative estimate of drug-likeness (QED) is 0.328. The Bertz CT molecular complexity index is 657. The second-order valence-corrected chi connectivity index (χ2v) is 6.27. The zero-order valence-electron chi connectivity index (χ0n) is 15.8. The Morgan fingerprint density at radius 2 is 1.96 bits per heavy atom. The monoisotopic (exact) mass is 370 g/mol. The van der Waals surface area contributed by atoms with Gasteiger partial charge in [-0.15, -0.1) is 19.7 Å². The summed E-state index contributed by atoms with van der Waals surface area (Å²) in [5, 5.41) is 0. The van der Waals surface area contributed by atoms with Gasteiger partial charge < -0.3 is 14.2 Å². The van der Waals surface area contributed by atoms with Crippen molar-refractivity contribution in [3.63, 3.8) is 0 Å². The highest BCUT2D eigenvalue weighted by molar-refractivity contribution is 5.66. The third-order valence-electron chi connectivity index (χ3n) is 4.82. The van der Waals surface area contributed by atoms with E-state index in [4.69, 9.17) is 27.4 Å². The fourth-order valence-corrected chi connectivity index (χ4v) is 3.56. The van der Waals surface area contributed by atoms with Gasteiger partial charge in [0, 0.05) is 25.7 Å². The molecule has 2 rings (SSSR count). The summed E-state index contributed by atoms with van der Waals surface area (Å²) in [4.78, 5) is 18.1. The number of allylic oxidation sites excluding steroid dienone is 1. The lowest BCUT2D eigenvalue weighted by atomic mass is 9.69. The molecular formula is C21H26N2O4. The molecule has 0 aromatic heterocycles. The van der Waals surface area contributed by atoms with E-state index >= 15 is 0 Å². The minimum atomic E-state index is -1.26. The van der Waals surface area contributed by atoms with E-state index in [1.54, 1.807) is 6.08 Å². The number of carbonyl (C=O) groups excluding carboxylic acids is 1. The molecule has 144 valence electrons. The van der Waals surface area contributed by atoms with E-state index < -0.39 is 17.4 Å².